The van der Waals surface area contributed by atoms with E-state index in [-0.39, 0.29) is 5.78 Å². The fourth-order valence-electron chi connectivity index (χ4n) is 2.19. The molecule has 0 spiro atoms. The zero-order chi connectivity index (χ0) is 13.3. The van der Waals surface area contributed by atoms with E-state index >= 15 is 0 Å². The number of benzene rings is 1. The first-order valence-electron chi connectivity index (χ1n) is 6.04. The summed E-state index contributed by atoms with van der Waals surface area (Å²) in [5.74, 6) is 0.442. The predicted molar refractivity (Wildman–Crippen MR) is 70.1 cm³/mol. The van der Waals surface area contributed by atoms with Crippen molar-refractivity contribution in [2.45, 2.75) is 26.7 Å². The minimum absolute atomic E-state index is 0.0937. The van der Waals surface area contributed by atoms with Crippen molar-refractivity contribution in [3.8, 4) is 0 Å². The summed E-state index contributed by atoms with van der Waals surface area (Å²) in [5.41, 5.74) is 3.02. The van der Waals surface area contributed by atoms with Crippen molar-refractivity contribution < 1.29 is 9.59 Å². The van der Waals surface area contributed by atoms with Gasteiger partial charge >= 0.3 is 0 Å². The van der Waals surface area contributed by atoms with Crippen molar-refractivity contribution in [1.82, 2.24) is 9.55 Å². The van der Waals surface area contributed by atoms with E-state index in [0.717, 1.165) is 17.5 Å². The molecule has 0 bridgehead atoms. The Hall–Kier alpha value is -1.97. The van der Waals surface area contributed by atoms with Crippen LogP contribution in [-0.2, 0) is 7.05 Å². The van der Waals surface area contributed by atoms with Crippen LogP contribution in [0.25, 0.3) is 11.0 Å². The van der Waals surface area contributed by atoms with Crippen LogP contribution in [-0.4, -0.2) is 21.6 Å². The number of ketones is 1. The summed E-state index contributed by atoms with van der Waals surface area (Å²) in [6.07, 6.45) is 2.03. The van der Waals surface area contributed by atoms with E-state index in [4.69, 9.17) is 0 Å². The normalized spacial score (nSPS) is 10.8. The largest absolute Gasteiger partial charge is 0.325 e. The van der Waals surface area contributed by atoms with Crippen molar-refractivity contribution in [2.24, 2.45) is 7.05 Å². The molecule has 2 rings (SSSR count). The van der Waals surface area contributed by atoms with E-state index in [1.165, 1.54) is 0 Å². The summed E-state index contributed by atoms with van der Waals surface area (Å²) in [7, 11) is 1.78. The molecule has 94 valence electrons. The molecule has 1 aromatic carbocycles. The van der Waals surface area contributed by atoms with Gasteiger partial charge in [0.25, 0.3) is 0 Å². The standard InChI is InChI=1S/C14H16N2O2/c1-4-5-11(18)13-9(2)6-7-10-14(13)15-12(8-17)16(10)3/h6-8H,4-5H2,1-3H3. The van der Waals surface area contributed by atoms with E-state index in [9.17, 15) is 9.59 Å². The number of carbonyl (C=O) groups excluding carboxylic acids is 2. The maximum absolute atomic E-state index is 12.2. The molecule has 0 aliphatic rings. The van der Waals surface area contributed by atoms with Crippen molar-refractivity contribution >= 4 is 23.1 Å². The Morgan fingerprint density at radius 2 is 2.17 bits per heavy atom. The topological polar surface area (TPSA) is 52.0 Å². The SMILES string of the molecule is CCCC(=O)c1c(C)ccc2c1nc(C=O)n2C. The highest BCUT2D eigenvalue weighted by Gasteiger charge is 2.17. The lowest BCUT2D eigenvalue weighted by atomic mass is 10.00. The number of imidazole rings is 1. The Morgan fingerprint density at radius 3 is 2.78 bits per heavy atom. The number of nitrogens with zero attached hydrogens (tertiary/aromatic N) is 2. The molecule has 0 amide bonds. The third-order valence-corrected chi connectivity index (χ3v) is 3.16. The second-order valence-corrected chi connectivity index (χ2v) is 4.45. The van der Waals surface area contributed by atoms with Crippen molar-refractivity contribution in [2.75, 3.05) is 0 Å². The molecular formula is C14H16N2O2. The van der Waals surface area contributed by atoms with E-state index < -0.39 is 0 Å². The van der Waals surface area contributed by atoms with Crippen LogP contribution in [0.5, 0.6) is 0 Å². The average molecular weight is 244 g/mol. The highest BCUT2D eigenvalue weighted by molar-refractivity contribution is 6.08. The zero-order valence-corrected chi connectivity index (χ0v) is 10.9. The molecule has 4 nitrogen and oxygen atoms in total. The van der Waals surface area contributed by atoms with Gasteiger partial charge in [-0.1, -0.05) is 13.0 Å². The summed E-state index contributed by atoms with van der Waals surface area (Å²) >= 11 is 0. The van der Waals surface area contributed by atoms with Gasteiger partial charge in [0.05, 0.1) is 5.52 Å². The lowest BCUT2D eigenvalue weighted by Crippen LogP contribution is -2.02. The Balaban J connectivity index is 2.74. The van der Waals surface area contributed by atoms with Crippen LogP contribution in [0.4, 0.5) is 0 Å². The second-order valence-electron chi connectivity index (χ2n) is 4.45. The molecule has 0 N–H and O–H groups in total. The average Bonchev–Trinajstić information content (AvgIpc) is 2.66. The van der Waals surface area contributed by atoms with Gasteiger partial charge in [0.2, 0.25) is 0 Å². The smallest absolute Gasteiger partial charge is 0.185 e. The highest BCUT2D eigenvalue weighted by Crippen LogP contribution is 2.23. The van der Waals surface area contributed by atoms with E-state index in [1.807, 2.05) is 26.0 Å². The van der Waals surface area contributed by atoms with Crippen LogP contribution in [0.2, 0.25) is 0 Å². The zero-order valence-electron chi connectivity index (χ0n) is 10.9. The van der Waals surface area contributed by atoms with Crippen LogP contribution in [0, 0.1) is 6.92 Å². The summed E-state index contributed by atoms with van der Waals surface area (Å²) in [5, 5.41) is 0. The molecule has 0 saturated heterocycles. The summed E-state index contributed by atoms with van der Waals surface area (Å²) < 4.78 is 1.71. The summed E-state index contributed by atoms with van der Waals surface area (Å²) in [6.45, 7) is 3.88. The Labute approximate surface area is 106 Å². The van der Waals surface area contributed by atoms with Gasteiger partial charge in [-0.2, -0.15) is 0 Å². The van der Waals surface area contributed by atoms with Gasteiger partial charge in [-0.15, -0.1) is 0 Å². The molecule has 0 atom stereocenters. The number of hydrogen-bond acceptors (Lipinski definition) is 3. The van der Waals surface area contributed by atoms with Gasteiger partial charge in [0.1, 0.15) is 5.52 Å². The molecule has 0 unspecified atom stereocenters. The van der Waals surface area contributed by atoms with Gasteiger partial charge in [0.15, 0.2) is 17.9 Å². The lowest BCUT2D eigenvalue weighted by Gasteiger charge is -2.05. The number of aldehydes is 1. The van der Waals surface area contributed by atoms with Crippen LogP contribution in [0.15, 0.2) is 12.1 Å². The van der Waals surface area contributed by atoms with Crippen molar-refractivity contribution in [3.63, 3.8) is 0 Å². The lowest BCUT2D eigenvalue weighted by molar-refractivity contribution is 0.0982. The van der Waals surface area contributed by atoms with Crippen LogP contribution >= 0.6 is 0 Å². The number of Topliss-reactive ketones (excluding diaryl/α,β-unsaturated/α-hetero) is 1. The monoisotopic (exact) mass is 244 g/mol. The van der Waals surface area contributed by atoms with Crippen molar-refractivity contribution in [1.29, 1.82) is 0 Å². The molecular weight excluding hydrogens is 228 g/mol. The minimum atomic E-state index is 0.0937. The number of rotatable bonds is 4. The van der Waals surface area contributed by atoms with E-state index in [2.05, 4.69) is 4.98 Å². The fraction of sp³-hybridized carbons (Fsp3) is 0.357. The quantitative estimate of drug-likeness (QED) is 0.613. The second kappa shape index (κ2) is 4.72. The molecule has 0 aliphatic carbocycles. The molecule has 2 aromatic rings. The Morgan fingerprint density at radius 1 is 1.44 bits per heavy atom. The molecule has 4 heteroatoms. The molecule has 1 heterocycles. The van der Waals surface area contributed by atoms with Crippen molar-refractivity contribution in [3.05, 3.63) is 29.1 Å². The van der Waals surface area contributed by atoms with Crippen LogP contribution < -0.4 is 0 Å². The summed E-state index contributed by atoms with van der Waals surface area (Å²) in [4.78, 5) is 27.3. The molecule has 18 heavy (non-hydrogen) atoms. The number of aryl methyl sites for hydroxylation is 2. The molecule has 0 aliphatic heterocycles. The Kier molecular flexibility index (Phi) is 3.28. The minimum Gasteiger partial charge on any atom is -0.325 e. The first kappa shape index (κ1) is 12.5. The first-order chi connectivity index (χ1) is 8.60. The molecule has 0 saturated carbocycles. The number of aromatic nitrogens is 2. The number of carbonyl (C=O) groups is 2. The predicted octanol–water partition coefficient (Wildman–Crippen LogP) is 2.68. The summed E-state index contributed by atoms with van der Waals surface area (Å²) in [6, 6.07) is 3.80. The van der Waals surface area contributed by atoms with Gasteiger partial charge in [-0.3, -0.25) is 9.59 Å². The van der Waals surface area contributed by atoms with Crippen LogP contribution in [0.3, 0.4) is 0 Å². The Bertz CT molecular complexity index is 626. The first-order valence-corrected chi connectivity index (χ1v) is 6.04. The molecule has 0 fully saturated rings. The molecule has 1 aromatic heterocycles. The van der Waals surface area contributed by atoms with Gasteiger partial charge in [-0.05, 0) is 25.0 Å². The van der Waals surface area contributed by atoms with Gasteiger partial charge in [0, 0.05) is 19.0 Å². The number of hydrogen-bond donors (Lipinski definition) is 0. The van der Waals surface area contributed by atoms with Crippen LogP contribution in [0.1, 0.15) is 46.3 Å². The van der Waals surface area contributed by atoms with Gasteiger partial charge < -0.3 is 4.57 Å². The maximum atomic E-state index is 12.2. The third kappa shape index (κ3) is 1.83. The molecule has 0 radical (unpaired) electrons. The highest BCUT2D eigenvalue weighted by atomic mass is 16.1. The third-order valence-electron chi connectivity index (χ3n) is 3.16. The maximum Gasteiger partial charge on any atom is 0.185 e. The van der Waals surface area contributed by atoms with E-state index in [1.54, 1.807) is 11.6 Å². The fourth-order valence-corrected chi connectivity index (χ4v) is 2.19. The number of fused-ring (bicyclic) bond motifs is 1. The van der Waals surface area contributed by atoms with Gasteiger partial charge in [-0.25, -0.2) is 4.98 Å². The van der Waals surface area contributed by atoms with E-state index in [0.29, 0.717) is 29.6 Å².